The molecule has 28 heavy (non-hydrogen) atoms. The Bertz CT molecular complexity index is 1000. The zero-order valence-electron chi connectivity index (χ0n) is 15.1. The van der Waals surface area contributed by atoms with Crippen molar-refractivity contribution in [3.8, 4) is 11.4 Å². The van der Waals surface area contributed by atoms with Gasteiger partial charge in [0.2, 0.25) is 5.91 Å². The van der Waals surface area contributed by atoms with E-state index < -0.39 is 5.91 Å². The average Bonchev–Trinajstić information content (AvgIpc) is 3.10. The van der Waals surface area contributed by atoms with Crippen molar-refractivity contribution in [2.45, 2.75) is 18.6 Å². The maximum absolute atomic E-state index is 12.3. The maximum Gasteiger partial charge on any atom is 0.250 e. The van der Waals surface area contributed by atoms with Crippen molar-refractivity contribution in [2.24, 2.45) is 5.73 Å². The Morgan fingerprint density at radius 2 is 1.86 bits per heavy atom. The molecule has 144 valence electrons. The summed E-state index contributed by atoms with van der Waals surface area (Å²) in [7, 11) is 0. The van der Waals surface area contributed by atoms with Gasteiger partial charge in [-0.25, -0.2) is 0 Å². The van der Waals surface area contributed by atoms with Crippen molar-refractivity contribution in [2.75, 3.05) is 11.1 Å². The van der Waals surface area contributed by atoms with E-state index in [1.165, 1.54) is 11.8 Å². The number of thioether (sulfide) groups is 1. The number of nitrogens with two attached hydrogens (primary N) is 1. The first-order valence-electron chi connectivity index (χ1n) is 8.50. The van der Waals surface area contributed by atoms with Gasteiger partial charge in [0.25, 0.3) is 5.91 Å². The van der Waals surface area contributed by atoms with Crippen molar-refractivity contribution in [3.63, 3.8) is 0 Å². The highest BCUT2D eigenvalue weighted by atomic mass is 35.5. The van der Waals surface area contributed by atoms with Crippen LogP contribution >= 0.6 is 23.4 Å². The van der Waals surface area contributed by atoms with Crippen molar-refractivity contribution in [1.82, 2.24) is 14.8 Å². The molecule has 7 nitrogen and oxygen atoms in total. The van der Waals surface area contributed by atoms with E-state index in [2.05, 4.69) is 15.5 Å². The van der Waals surface area contributed by atoms with Crippen molar-refractivity contribution >= 4 is 40.9 Å². The number of hydrogen-bond donors (Lipinski definition) is 2. The molecular weight excluding hydrogens is 398 g/mol. The molecule has 0 aliphatic carbocycles. The van der Waals surface area contributed by atoms with Gasteiger partial charge in [-0.1, -0.05) is 35.5 Å². The summed E-state index contributed by atoms with van der Waals surface area (Å²) in [6.45, 7) is 2.63. The van der Waals surface area contributed by atoms with Crippen LogP contribution in [0.3, 0.4) is 0 Å². The van der Waals surface area contributed by atoms with Crippen LogP contribution in [-0.2, 0) is 11.3 Å². The van der Waals surface area contributed by atoms with Crippen molar-refractivity contribution < 1.29 is 9.59 Å². The molecule has 0 unspecified atom stereocenters. The Morgan fingerprint density at radius 3 is 2.54 bits per heavy atom. The molecule has 2 aromatic carbocycles. The Labute approximate surface area is 171 Å². The molecule has 1 aromatic heterocycles. The van der Waals surface area contributed by atoms with Gasteiger partial charge in [0.1, 0.15) is 0 Å². The molecule has 0 aliphatic heterocycles. The number of anilines is 1. The highest BCUT2D eigenvalue weighted by Crippen LogP contribution is 2.25. The van der Waals surface area contributed by atoms with Crippen LogP contribution in [0.2, 0.25) is 5.02 Å². The zero-order valence-corrected chi connectivity index (χ0v) is 16.6. The minimum absolute atomic E-state index is 0.117. The molecule has 3 N–H and O–H groups in total. The van der Waals surface area contributed by atoms with Gasteiger partial charge in [0.15, 0.2) is 11.0 Å². The van der Waals surface area contributed by atoms with Crippen molar-refractivity contribution in [3.05, 3.63) is 59.1 Å². The van der Waals surface area contributed by atoms with E-state index in [1.54, 1.807) is 36.4 Å². The molecule has 0 spiro atoms. The average molecular weight is 416 g/mol. The molecule has 9 heteroatoms. The van der Waals surface area contributed by atoms with Gasteiger partial charge in [-0.15, -0.1) is 10.2 Å². The van der Waals surface area contributed by atoms with Crippen LogP contribution in [0.4, 0.5) is 5.69 Å². The number of carbonyl (C=O) groups excluding carboxylic acids is 2. The van der Waals surface area contributed by atoms with Crippen LogP contribution in [0.1, 0.15) is 17.3 Å². The van der Waals surface area contributed by atoms with E-state index in [-0.39, 0.29) is 17.2 Å². The number of carbonyl (C=O) groups is 2. The lowest BCUT2D eigenvalue weighted by Gasteiger charge is -2.09. The first-order valence-corrected chi connectivity index (χ1v) is 9.86. The predicted molar refractivity (Wildman–Crippen MR) is 110 cm³/mol. The molecular formula is C19H18ClN5O2S. The Morgan fingerprint density at radius 1 is 1.14 bits per heavy atom. The number of halogens is 1. The largest absolute Gasteiger partial charge is 0.366 e. The van der Waals surface area contributed by atoms with E-state index in [0.717, 1.165) is 5.56 Å². The highest BCUT2D eigenvalue weighted by Gasteiger charge is 2.16. The van der Waals surface area contributed by atoms with Crippen LogP contribution in [0.25, 0.3) is 11.4 Å². The number of amides is 2. The smallest absolute Gasteiger partial charge is 0.250 e. The minimum atomic E-state index is -0.595. The topological polar surface area (TPSA) is 103 Å². The monoisotopic (exact) mass is 415 g/mol. The third kappa shape index (κ3) is 4.52. The minimum Gasteiger partial charge on any atom is -0.366 e. The molecule has 0 aliphatic rings. The van der Waals surface area contributed by atoms with Crippen LogP contribution in [0.15, 0.2) is 53.7 Å². The third-order valence-corrected chi connectivity index (χ3v) is 5.15. The Kier molecular flexibility index (Phi) is 6.33. The number of rotatable bonds is 7. The van der Waals surface area contributed by atoms with E-state index in [9.17, 15) is 9.59 Å². The fraction of sp³-hybridized carbons (Fsp3) is 0.158. The number of benzene rings is 2. The molecule has 3 rings (SSSR count). The molecule has 0 bridgehead atoms. The van der Waals surface area contributed by atoms with Crippen LogP contribution in [0, 0.1) is 0 Å². The van der Waals surface area contributed by atoms with Gasteiger partial charge in [-0.05, 0) is 43.3 Å². The van der Waals surface area contributed by atoms with E-state index in [4.69, 9.17) is 17.3 Å². The van der Waals surface area contributed by atoms with Crippen molar-refractivity contribution in [1.29, 1.82) is 0 Å². The van der Waals surface area contributed by atoms with Gasteiger partial charge in [0.05, 0.1) is 17.0 Å². The first kappa shape index (κ1) is 19.9. The summed E-state index contributed by atoms with van der Waals surface area (Å²) >= 11 is 7.21. The molecule has 2 amide bonds. The van der Waals surface area contributed by atoms with Crippen LogP contribution in [-0.4, -0.2) is 32.3 Å². The number of nitrogens with zero attached hydrogens (tertiary/aromatic N) is 3. The SMILES string of the molecule is CCn1c(SCC(=O)Nc2ccccc2C(N)=O)nnc1-c1ccc(Cl)cc1. The second kappa shape index (κ2) is 8.90. The number of primary amides is 1. The molecule has 0 fully saturated rings. The summed E-state index contributed by atoms with van der Waals surface area (Å²) < 4.78 is 1.93. The second-order valence-corrected chi connectivity index (χ2v) is 7.18. The van der Waals surface area contributed by atoms with E-state index >= 15 is 0 Å². The van der Waals surface area contributed by atoms with Gasteiger partial charge >= 0.3 is 0 Å². The highest BCUT2D eigenvalue weighted by molar-refractivity contribution is 7.99. The molecule has 0 saturated carbocycles. The second-order valence-electron chi connectivity index (χ2n) is 5.80. The Balaban J connectivity index is 1.70. The van der Waals surface area contributed by atoms with Gasteiger partial charge in [-0.3, -0.25) is 9.59 Å². The standard InChI is InChI=1S/C19H18ClN5O2S/c1-2-25-18(12-7-9-13(20)10-8-12)23-24-19(25)28-11-16(26)22-15-6-4-3-5-14(15)17(21)27/h3-10H,2,11H2,1H3,(H2,21,27)(H,22,26). The number of para-hydroxylation sites is 1. The summed E-state index contributed by atoms with van der Waals surface area (Å²) in [6.07, 6.45) is 0. The zero-order chi connectivity index (χ0) is 20.1. The predicted octanol–water partition coefficient (Wildman–Crippen LogP) is 3.45. The molecule has 1 heterocycles. The van der Waals surface area contributed by atoms with Crippen LogP contribution < -0.4 is 11.1 Å². The summed E-state index contributed by atoms with van der Waals surface area (Å²) in [6, 6.07) is 14.0. The number of nitrogens with one attached hydrogen (secondary N) is 1. The number of aromatic nitrogens is 3. The lowest BCUT2D eigenvalue weighted by atomic mass is 10.1. The van der Waals surface area contributed by atoms with E-state index in [0.29, 0.717) is 28.2 Å². The summed E-state index contributed by atoms with van der Waals surface area (Å²) in [5.74, 6) is -0.0355. The molecule has 0 atom stereocenters. The fourth-order valence-electron chi connectivity index (χ4n) is 2.62. The Hall–Kier alpha value is -2.84. The van der Waals surface area contributed by atoms with Gasteiger partial charge in [0, 0.05) is 17.1 Å². The lowest BCUT2D eigenvalue weighted by molar-refractivity contribution is -0.113. The third-order valence-electron chi connectivity index (χ3n) is 3.93. The van der Waals surface area contributed by atoms with Crippen LogP contribution in [0.5, 0.6) is 0 Å². The first-order chi connectivity index (χ1) is 13.5. The molecule has 0 radical (unpaired) electrons. The summed E-state index contributed by atoms with van der Waals surface area (Å²) in [5.41, 5.74) is 6.88. The molecule has 0 saturated heterocycles. The lowest BCUT2D eigenvalue weighted by Crippen LogP contribution is -2.19. The van der Waals surface area contributed by atoms with E-state index in [1.807, 2.05) is 23.6 Å². The van der Waals surface area contributed by atoms with Gasteiger partial charge < -0.3 is 15.6 Å². The summed E-state index contributed by atoms with van der Waals surface area (Å²) in [4.78, 5) is 23.8. The summed E-state index contributed by atoms with van der Waals surface area (Å²) in [5, 5.41) is 12.4. The molecule has 3 aromatic rings. The maximum atomic E-state index is 12.3. The fourth-order valence-corrected chi connectivity index (χ4v) is 3.54. The quantitative estimate of drug-likeness (QED) is 0.575. The normalized spacial score (nSPS) is 10.6. The van der Waals surface area contributed by atoms with Gasteiger partial charge in [-0.2, -0.15) is 0 Å². The number of hydrogen-bond acceptors (Lipinski definition) is 5.